The smallest absolute Gasteiger partial charge is 0.407 e. The lowest BCUT2D eigenvalue weighted by molar-refractivity contribution is -0.0877. The molecule has 0 aliphatic carbocycles. The van der Waals surface area contributed by atoms with Gasteiger partial charge in [0.1, 0.15) is 0 Å². The van der Waals surface area contributed by atoms with Crippen molar-refractivity contribution < 1.29 is 19.7 Å². The van der Waals surface area contributed by atoms with Crippen molar-refractivity contribution in [2.45, 2.75) is 19.1 Å². The van der Waals surface area contributed by atoms with Crippen molar-refractivity contribution in [2.75, 3.05) is 19.7 Å². The average Bonchev–Trinajstić information content (AvgIpc) is 2.03. The summed E-state index contributed by atoms with van der Waals surface area (Å²) in [6, 6.07) is 0. The zero-order valence-corrected chi connectivity index (χ0v) is 6.93. The molecule has 0 aromatic heterocycles. The van der Waals surface area contributed by atoms with Crippen LogP contribution in [0.1, 0.15) is 6.92 Å². The van der Waals surface area contributed by atoms with Crippen LogP contribution in [-0.4, -0.2) is 53.1 Å². The third-order valence-electron chi connectivity index (χ3n) is 1.80. The van der Waals surface area contributed by atoms with Crippen LogP contribution in [0.5, 0.6) is 0 Å². The molecule has 1 aliphatic rings. The van der Waals surface area contributed by atoms with Crippen LogP contribution in [0.3, 0.4) is 0 Å². The first-order chi connectivity index (χ1) is 5.63. The third-order valence-corrected chi connectivity index (χ3v) is 1.80. The highest BCUT2D eigenvalue weighted by Crippen LogP contribution is 2.10. The summed E-state index contributed by atoms with van der Waals surface area (Å²) in [4.78, 5) is 11.8. The molecular formula is C7H13NO4. The molecular weight excluding hydrogens is 162 g/mol. The summed E-state index contributed by atoms with van der Waals surface area (Å²) in [6.45, 7) is 2.30. The predicted molar refractivity (Wildman–Crippen MR) is 41.0 cm³/mol. The van der Waals surface area contributed by atoms with E-state index in [0.29, 0.717) is 6.54 Å². The summed E-state index contributed by atoms with van der Waals surface area (Å²) >= 11 is 0. The number of aliphatic hydroxyl groups excluding tert-OH is 1. The van der Waals surface area contributed by atoms with Crippen LogP contribution in [-0.2, 0) is 4.74 Å². The first-order valence-electron chi connectivity index (χ1n) is 3.87. The molecule has 2 N–H and O–H groups in total. The number of carbonyl (C=O) groups is 1. The fourth-order valence-electron chi connectivity index (χ4n) is 1.30. The number of amides is 1. The van der Waals surface area contributed by atoms with Gasteiger partial charge in [-0.3, -0.25) is 0 Å². The molecule has 1 aliphatic heterocycles. The van der Waals surface area contributed by atoms with Crippen molar-refractivity contribution in [1.29, 1.82) is 0 Å². The Kier molecular flexibility index (Phi) is 2.88. The quantitative estimate of drug-likeness (QED) is 0.576. The molecule has 70 valence electrons. The van der Waals surface area contributed by atoms with Crippen molar-refractivity contribution in [1.82, 2.24) is 4.90 Å². The molecule has 0 radical (unpaired) electrons. The van der Waals surface area contributed by atoms with E-state index in [1.807, 2.05) is 0 Å². The normalized spacial score (nSPS) is 30.3. The Morgan fingerprint density at radius 2 is 2.33 bits per heavy atom. The Balaban J connectivity index is 2.51. The minimum Gasteiger partial charge on any atom is -0.465 e. The van der Waals surface area contributed by atoms with Crippen LogP contribution in [0, 0.1) is 0 Å². The molecule has 1 fully saturated rings. The van der Waals surface area contributed by atoms with Crippen molar-refractivity contribution in [3.05, 3.63) is 0 Å². The molecule has 0 bridgehead atoms. The fraction of sp³-hybridized carbons (Fsp3) is 0.857. The zero-order chi connectivity index (χ0) is 9.14. The van der Waals surface area contributed by atoms with E-state index in [1.54, 1.807) is 6.92 Å². The van der Waals surface area contributed by atoms with E-state index < -0.39 is 6.09 Å². The minimum absolute atomic E-state index is 0.131. The molecule has 1 saturated heterocycles. The number of carboxylic acid groups (broad SMARTS) is 1. The van der Waals surface area contributed by atoms with E-state index in [1.165, 1.54) is 4.90 Å². The average molecular weight is 175 g/mol. The number of morpholine rings is 1. The summed E-state index contributed by atoms with van der Waals surface area (Å²) in [7, 11) is 0. The lowest BCUT2D eigenvalue weighted by Gasteiger charge is -2.34. The molecule has 5 nitrogen and oxygen atoms in total. The van der Waals surface area contributed by atoms with Crippen LogP contribution in [0.15, 0.2) is 0 Å². The van der Waals surface area contributed by atoms with Crippen LogP contribution in [0.2, 0.25) is 0 Å². The van der Waals surface area contributed by atoms with Crippen LogP contribution in [0.4, 0.5) is 4.79 Å². The second-order valence-electron chi connectivity index (χ2n) is 2.94. The van der Waals surface area contributed by atoms with E-state index in [-0.39, 0.29) is 25.4 Å². The number of aliphatic hydroxyl groups is 1. The van der Waals surface area contributed by atoms with Crippen LogP contribution in [0.25, 0.3) is 0 Å². The number of hydrogen-bond acceptors (Lipinski definition) is 3. The van der Waals surface area contributed by atoms with E-state index in [0.717, 1.165) is 0 Å². The van der Waals surface area contributed by atoms with E-state index in [2.05, 4.69) is 0 Å². The number of hydrogen-bond donors (Lipinski definition) is 2. The monoisotopic (exact) mass is 175 g/mol. The van der Waals surface area contributed by atoms with E-state index in [4.69, 9.17) is 14.9 Å². The number of rotatable bonds is 1. The summed E-state index contributed by atoms with van der Waals surface area (Å²) < 4.78 is 5.26. The molecule has 0 unspecified atom stereocenters. The Hall–Kier alpha value is -0.810. The molecule has 0 saturated carbocycles. The van der Waals surface area contributed by atoms with Gasteiger partial charge >= 0.3 is 6.09 Å². The Labute approximate surface area is 70.5 Å². The van der Waals surface area contributed by atoms with Gasteiger partial charge in [-0.2, -0.15) is 0 Å². The fourth-order valence-corrected chi connectivity index (χ4v) is 1.30. The van der Waals surface area contributed by atoms with Gasteiger partial charge in [-0.15, -0.1) is 0 Å². The van der Waals surface area contributed by atoms with Gasteiger partial charge in [0.05, 0.1) is 31.9 Å². The van der Waals surface area contributed by atoms with E-state index >= 15 is 0 Å². The third kappa shape index (κ3) is 2.09. The predicted octanol–water partition coefficient (Wildman–Crippen LogP) is -0.254. The van der Waals surface area contributed by atoms with Gasteiger partial charge in [0.2, 0.25) is 0 Å². The topological polar surface area (TPSA) is 70.0 Å². The first kappa shape index (κ1) is 9.28. The summed E-state index contributed by atoms with van der Waals surface area (Å²) in [5.41, 5.74) is 0. The van der Waals surface area contributed by atoms with Gasteiger partial charge < -0.3 is 19.8 Å². The maximum atomic E-state index is 10.6. The van der Waals surface area contributed by atoms with Gasteiger partial charge in [-0.05, 0) is 6.92 Å². The molecule has 5 heteroatoms. The molecule has 1 heterocycles. The van der Waals surface area contributed by atoms with Gasteiger partial charge in [-0.1, -0.05) is 0 Å². The van der Waals surface area contributed by atoms with Gasteiger partial charge in [0.15, 0.2) is 0 Å². The minimum atomic E-state index is -0.955. The van der Waals surface area contributed by atoms with Gasteiger partial charge in [0.25, 0.3) is 0 Å². The van der Waals surface area contributed by atoms with Crippen LogP contribution >= 0.6 is 0 Å². The Morgan fingerprint density at radius 3 is 2.83 bits per heavy atom. The highest BCUT2D eigenvalue weighted by molar-refractivity contribution is 5.65. The first-order valence-corrected chi connectivity index (χ1v) is 3.87. The Morgan fingerprint density at radius 1 is 1.67 bits per heavy atom. The second kappa shape index (κ2) is 3.73. The highest BCUT2D eigenvalue weighted by atomic mass is 16.5. The molecule has 2 atom stereocenters. The molecule has 1 rings (SSSR count). The molecule has 1 amide bonds. The molecule has 12 heavy (non-hydrogen) atoms. The van der Waals surface area contributed by atoms with Crippen molar-refractivity contribution in [3.8, 4) is 0 Å². The maximum absolute atomic E-state index is 10.6. The maximum Gasteiger partial charge on any atom is 0.407 e. The zero-order valence-electron chi connectivity index (χ0n) is 6.93. The second-order valence-corrected chi connectivity index (χ2v) is 2.94. The lowest BCUT2D eigenvalue weighted by Crippen LogP contribution is -2.49. The van der Waals surface area contributed by atoms with Crippen molar-refractivity contribution >= 4 is 6.09 Å². The molecule has 0 aromatic rings. The Bertz CT molecular complexity index is 173. The van der Waals surface area contributed by atoms with Crippen molar-refractivity contribution in [2.24, 2.45) is 0 Å². The SMILES string of the molecule is C[C@H]1CN(C(=O)O)C[C@H](CO)O1. The number of nitrogens with zero attached hydrogens (tertiary/aromatic N) is 1. The number of ether oxygens (including phenoxy) is 1. The summed E-state index contributed by atoms with van der Waals surface area (Å²) in [6.07, 6.45) is -1.46. The standard InChI is InChI=1S/C7H13NO4/c1-5-2-8(7(10)11)3-6(4-9)12-5/h5-6,9H,2-4H2,1H3,(H,10,11)/t5-,6+/m0/s1. The molecule has 0 spiro atoms. The van der Waals surface area contributed by atoms with Crippen LogP contribution < -0.4 is 0 Å². The highest BCUT2D eigenvalue weighted by Gasteiger charge is 2.27. The largest absolute Gasteiger partial charge is 0.465 e. The van der Waals surface area contributed by atoms with Gasteiger partial charge in [-0.25, -0.2) is 4.79 Å². The van der Waals surface area contributed by atoms with Gasteiger partial charge in [0, 0.05) is 0 Å². The lowest BCUT2D eigenvalue weighted by atomic mass is 10.2. The van der Waals surface area contributed by atoms with Crippen molar-refractivity contribution in [3.63, 3.8) is 0 Å². The molecule has 0 aromatic carbocycles. The summed E-state index contributed by atoms with van der Waals surface area (Å²) in [5.74, 6) is 0. The van der Waals surface area contributed by atoms with E-state index in [9.17, 15) is 4.79 Å². The summed E-state index contributed by atoms with van der Waals surface area (Å²) in [5, 5.41) is 17.4.